The van der Waals surface area contributed by atoms with E-state index in [9.17, 15) is 5.11 Å². The summed E-state index contributed by atoms with van der Waals surface area (Å²) < 4.78 is 0. The van der Waals surface area contributed by atoms with Crippen LogP contribution in [0.3, 0.4) is 0 Å². The highest BCUT2D eigenvalue weighted by atomic mass is 16.3. The fraction of sp³-hybridized carbons (Fsp3) is 0.532. The van der Waals surface area contributed by atoms with Gasteiger partial charge in [0.05, 0.1) is 28.9 Å². The molecule has 0 saturated heterocycles. The van der Waals surface area contributed by atoms with Crippen molar-refractivity contribution in [2.75, 3.05) is 0 Å². The lowest BCUT2D eigenvalue weighted by molar-refractivity contribution is -0.0573. The second-order valence-corrected chi connectivity index (χ2v) is 18.1. The van der Waals surface area contributed by atoms with Gasteiger partial charge < -0.3 is 15.1 Å². The van der Waals surface area contributed by atoms with Crippen molar-refractivity contribution in [3.63, 3.8) is 0 Å². The maximum Gasteiger partial charge on any atom is 0.0658 e. The Kier molecular flexibility index (Phi) is 9.70. The quantitative estimate of drug-likeness (QED) is 0.160. The average molecular weight is 697 g/mol. The van der Waals surface area contributed by atoms with E-state index in [4.69, 9.17) is 0 Å². The highest BCUT2D eigenvalue weighted by Crippen LogP contribution is 2.67. The van der Waals surface area contributed by atoms with E-state index in [2.05, 4.69) is 84.9 Å². The predicted molar refractivity (Wildman–Crippen MR) is 218 cm³/mol. The molecule has 2 aliphatic heterocycles. The molecule has 5 heteroatoms. The molecule has 9 rings (SSSR count). The Morgan fingerprint density at radius 3 is 1.81 bits per heavy atom. The van der Waals surface area contributed by atoms with E-state index >= 15 is 0 Å². The molecule has 5 nitrogen and oxygen atoms in total. The number of hydrogen-bond acceptors (Lipinski definition) is 3. The molecule has 4 aliphatic carbocycles. The van der Waals surface area contributed by atoms with Crippen LogP contribution in [0.4, 0.5) is 0 Å². The number of H-pyrrole nitrogens is 2. The van der Waals surface area contributed by atoms with Gasteiger partial charge in [0.25, 0.3) is 0 Å². The molecule has 3 fully saturated rings. The van der Waals surface area contributed by atoms with Crippen molar-refractivity contribution < 1.29 is 5.11 Å². The van der Waals surface area contributed by atoms with E-state index in [0.717, 1.165) is 93.2 Å². The summed E-state index contributed by atoms with van der Waals surface area (Å²) in [4.78, 5) is 16.0. The average Bonchev–Trinajstić information content (AvgIpc) is 3.95. The number of fused-ring (bicyclic) bond motifs is 13. The molecule has 3 aromatic rings. The molecule has 0 radical (unpaired) electrons. The maximum atomic E-state index is 10.2. The normalized spacial score (nSPS) is 30.9. The molecule has 3 N–H and O–H groups in total. The smallest absolute Gasteiger partial charge is 0.0658 e. The van der Waals surface area contributed by atoms with Crippen LogP contribution in [0.5, 0.6) is 0 Å². The van der Waals surface area contributed by atoms with E-state index in [-0.39, 0.29) is 6.10 Å². The zero-order valence-corrected chi connectivity index (χ0v) is 32.2. The zero-order chi connectivity index (χ0) is 36.0. The third-order valence-corrected chi connectivity index (χ3v) is 14.3. The van der Waals surface area contributed by atoms with Gasteiger partial charge in [-0.2, -0.15) is 0 Å². The van der Waals surface area contributed by atoms with Crippen molar-refractivity contribution in [1.29, 1.82) is 0 Å². The minimum atomic E-state index is -0.0766. The first-order valence-electron chi connectivity index (χ1n) is 20.5. The molecule has 0 spiro atoms. The fourth-order valence-corrected chi connectivity index (χ4v) is 11.6. The fourth-order valence-electron chi connectivity index (χ4n) is 11.6. The molecule has 8 bridgehead atoms. The molecule has 8 atom stereocenters. The summed E-state index contributed by atoms with van der Waals surface area (Å²) in [6.45, 7) is 12.6. The molecule has 6 aliphatic rings. The molecule has 1 unspecified atom stereocenters. The predicted octanol–water partition coefficient (Wildman–Crippen LogP) is 12.0. The van der Waals surface area contributed by atoms with Gasteiger partial charge in [-0.05, 0) is 171 Å². The van der Waals surface area contributed by atoms with Crippen LogP contribution in [0, 0.1) is 46.3 Å². The number of nitrogens with one attached hydrogen (secondary N) is 2. The van der Waals surface area contributed by atoms with Gasteiger partial charge in [-0.1, -0.05) is 65.5 Å². The van der Waals surface area contributed by atoms with Crippen LogP contribution in [0.2, 0.25) is 0 Å². The van der Waals surface area contributed by atoms with Crippen molar-refractivity contribution in [3.05, 3.63) is 83.0 Å². The Morgan fingerprint density at radius 1 is 0.712 bits per heavy atom. The van der Waals surface area contributed by atoms with Crippen LogP contribution in [-0.2, 0) is 0 Å². The van der Waals surface area contributed by atoms with Crippen LogP contribution in [-0.4, -0.2) is 31.1 Å². The minimum absolute atomic E-state index is 0.0766. The molecule has 0 aromatic carbocycles. The Hall–Kier alpha value is -3.70. The summed E-state index contributed by atoms with van der Waals surface area (Å²) in [6, 6.07) is 16.4. The highest BCUT2D eigenvalue weighted by Gasteiger charge is 2.59. The first kappa shape index (κ1) is 35.3. The summed E-state index contributed by atoms with van der Waals surface area (Å²) in [5, 5.41) is 10.2. The van der Waals surface area contributed by atoms with E-state index in [0.29, 0.717) is 10.8 Å². The Morgan fingerprint density at radius 2 is 1.27 bits per heavy atom. The van der Waals surface area contributed by atoms with Crippen molar-refractivity contribution in [1.82, 2.24) is 19.9 Å². The van der Waals surface area contributed by atoms with Crippen LogP contribution < -0.4 is 0 Å². The van der Waals surface area contributed by atoms with E-state index < -0.39 is 0 Å². The molecular formula is C47H60N4O. The van der Waals surface area contributed by atoms with Gasteiger partial charge in [0.15, 0.2) is 0 Å². The van der Waals surface area contributed by atoms with E-state index in [1.807, 2.05) is 48.6 Å². The summed E-state index contributed by atoms with van der Waals surface area (Å²) >= 11 is 0. The summed E-state index contributed by atoms with van der Waals surface area (Å²) in [7, 11) is 0. The Labute approximate surface area is 311 Å². The van der Waals surface area contributed by atoms with Gasteiger partial charge in [0, 0.05) is 22.1 Å². The number of aromatic amines is 2. The van der Waals surface area contributed by atoms with Crippen molar-refractivity contribution >= 4 is 46.4 Å². The molecule has 274 valence electrons. The van der Waals surface area contributed by atoms with Crippen molar-refractivity contribution in [2.24, 2.45) is 46.3 Å². The molecule has 3 saturated carbocycles. The second kappa shape index (κ2) is 14.3. The van der Waals surface area contributed by atoms with Crippen molar-refractivity contribution in [3.8, 4) is 0 Å². The first-order valence-corrected chi connectivity index (χ1v) is 20.5. The van der Waals surface area contributed by atoms with Gasteiger partial charge >= 0.3 is 0 Å². The number of aliphatic hydroxyl groups excluding tert-OH is 1. The minimum Gasteiger partial charge on any atom is -0.393 e. The summed E-state index contributed by atoms with van der Waals surface area (Å²) in [6.07, 6.45) is 25.3. The molecule has 5 heterocycles. The lowest BCUT2D eigenvalue weighted by atomic mass is 9.47. The maximum absolute atomic E-state index is 10.2. The number of nitrogens with zero attached hydrogens (tertiary/aromatic N) is 2. The third kappa shape index (κ3) is 7.02. The molecule has 52 heavy (non-hydrogen) atoms. The van der Waals surface area contributed by atoms with Gasteiger partial charge in [-0.25, -0.2) is 9.97 Å². The third-order valence-electron chi connectivity index (χ3n) is 14.3. The number of hydrogen-bond donors (Lipinski definition) is 3. The van der Waals surface area contributed by atoms with Gasteiger partial charge in [-0.3, -0.25) is 0 Å². The van der Waals surface area contributed by atoms with Crippen molar-refractivity contribution in [2.45, 2.75) is 111 Å². The molecule has 0 amide bonds. The van der Waals surface area contributed by atoms with Gasteiger partial charge in [0.1, 0.15) is 0 Å². The number of rotatable bonds is 5. The standard InChI is InChI=1S/C27H46O.C20H14N4/c1-18(2)7-6-8-19(3)23-11-12-24-22-10-9-20-17-21(28)13-15-26(20,4)25(22)14-16-27(23,24)5;1-2-14-10-16-5-6-18(23-16)12-20-8-7-19(24-20)11-17-4-3-15(22-17)9-13(1)21-14/h9,18-19,21-25,28H,6-8,10-17H2,1-5H3;1-12,21,24H/t19?,21-,22-,23+,24-,25-,26-,27+;/m0./s1. The van der Waals surface area contributed by atoms with E-state index in [1.165, 1.54) is 57.8 Å². The second-order valence-electron chi connectivity index (χ2n) is 18.1. The summed E-state index contributed by atoms with van der Waals surface area (Å²) in [5.74, 6) is 5.46. The lowest BCUT2D eigenvalue weighted by Gasteiger charge is -2.58. The first-order chi connectivity index (χ1) is 25.1. The number of allylic oxidation sites excluding steroid dienone is 1. The van der Waals surface area contributed by atoms with Crippen LogP contribution >= 0.6 is 0 Å². The topological polar surface area (TPSA) is 77.6 Å². The van der Waals surface area contributed by atoms with Crippen LogP contribution in [0.1, 0.15) is 128 Å². The highest BCUT2D eigenvalue weighted by molar-refractivity contribution is 5.77. The summed E-state index contributed by atoms with van der Waals surface area (Å²) in [5.41, 5.74) is 10.5. The van der Waals surface area contributed by atoms with Gasteiger partial charge in [0.2, 0.25) is 0 Å². The largest absolute Gasteiger partial charge is 0.393 e. The van der Waals surface area contributed by atoms with E-state index in [1.54, 1.807) is 5.57 Å². The molecule has 3 aromatic heterocycles. The number of aliphatic hydroxyl groups is 1. The van der Waals surface area contributed by atoms with Crippen LogP contribution in [0.25, 0.3) is 46.4 Å². The lowest BCUT2D eigenvalue weighted by Crippen LogP contribution is -2.50. The van der Waals surface area contributed by atoms with Crippen LogP contribution in [0.15, 0.2) is 60.2 Å². The molecular weight excluding hydrogens is 637 g/mol. The van der Waals surface area contributed by atoms with Gasteiger partial charge in [-0.15, -0.1) is 0 Å². The Balaban J connectivity index is 0.000000150. The zero-order valence-electron chi connectivity index (χ0n) is 32.2. The SMILES string of the molecule is C1=Cc2cc3ccc(cc4nc(cc5ccc(cc1n2)[nH]5)C=C4)[nH]3.CC(C)CCCC(C)[C@H]1CC[C@H]2[C@@H]3CC=C4C[C@@H](O)CC[C@]4(C)[C@H]3CC[C@]12C. The Bertz CT molecular complexity index is 1850. The monoisotopic (exact) mass is 696 g/mol. The number of aromatic nitrogens is 4.